The van der Waals surface area contributed by atoms with Crippen molar-refractivity contribution in [3.63, 3.8) is 0 Å². The van der Waals surface area contributed by atoms with Crippen LogP contribution in [0.2, 0.25) is 0 Å². The van der Waals surface area contributed by atoms with Crippen LogP contribution < -0.4 is 9.47 Å². The van der Waals surface area contributed by atoms with Gasteiger partial charge in [-0.3, -0.25) is 28.8 Å². The molecule has 1 heterocycles. The van der Waals surface area contributed by atoms with E-state index in [2.05, 4.69) is 0 Å². The number of methoxy groups -OCH3 is 1. The molecule has 0 aromatic heterocycles. The molecule has 5 atom stereocenters. The number of ether oxygens (including phenoxy) is 7. The highest BCUT2D eigenvalue weighted by Gasteiger charge is 2.53. The molecule has 48 heavy (non-hydrogen) atoms. The molecule has 0 unspecified atom stereocenters. The van der Waals surface area contributed by atoms with Crippen molar-refractivity contribution in [3.05, 3.63) is 65.7 Å². The SMILES string of the molecule is COc1cc(/C=C/C(=O)CC(=O)/C=C/c2ccc(O[C@@H]3O[C@H](COC(C)=O)[C@@H](OC(C)=O)[C@H](OC(C)=O)[C@H]3OC(C)=O)cc2)ccc1O. The number of benzene rings is 2. The minimum Gasteiger partial charge on any atom is -0.504 e. The van der Waals surface area contributed by atoms with Gasteiger partial charge in [-0.1, -0.05) is 30.4 Å². The summed E-state index contributed by atoms with van der Waals surface area (Å²) in [6.07, 6.45) is -1.53. The number of esters is 4. The molecule has 0 saturated carbocycles. The summed E-state index contributed by atoms with van der Waals surface area (Å²) in [5.41, 5.74) is 1.18. The van der Waals surface area contributed by atoms with Crippen molar-refractivity contribution in [1.29, 1.82) is 0 Å². The van der Waals surface area contributed by atoms with Crippen LogP contribution in [0.25, 0.3) is 12.2 Å². The molecule has 14 nitrogen and oxygen atoms in total. The fourth-order valence-electron chi connectivity index (χ4n) is 4.54. The van der Waals surface area contributed by atoms with Gasteiger partial charge in [-0.05, 0) is 47.5 Å². The maximum atomic E-state index is 12.4. The van der Waals surface area contributed by atoms with Crippen molar-refractivity contribution in [2.45, 2.75) is 64.8 Å². The van der Waals surface area contributed by atoms with Gasteiger partial charge in [-0.25, -0.2) is 0 Å². The van der Waals surface area contributed by atoms with E-state index >= 15 is 0 Å². The highest BCUT2D eigenvalue weighted by Crippen LogP contribution is 2.31. The molecule has 0 spiro atoms. The number of carbonyl (C=O) groups excluding carboxylic acids is 6. The number of phenolic OH excluding ortho intramolecular Hbond substituents is 1. The second-order valence-electron chi connectivity index (χ2n) is 10.5. The molecule has 2 aromatic carbocycles. The van der Waals surface area contributed by atoms with E-state index in [-0.39, 0.29) is 23.7 Å². The number of phenols is 1. The molecular formula is C34H36O14. The largest absolute Gasteiger partial charge is 0.504 e. The number of rotatable bonds is 14. The molecule has 1 N–H and O–H groups in total. The Morgan fingerprint density at radius 1 is 0.729 bits per heavy atom. The van der Waals surface area contributed by atoms with E-state index in [1.54, 1.807) is 24.3 Å². The van der Waals surface area contributed by atoms with Gasteiger partial charge in [0, 0.05) is 27.7 Å². The molecular weight excluding hydrogens is 632 g/mol. The zero-order valence-corrected chi connectivity index (χ0v) is 26.9. The Balaban J connectivity index is 1.72. The highest BCUT2D eigenvalue weighted by molar-refractivity contribution is 6.10. The Bertz CT molecular complexity index is 1560. The number of carbonyl (C=O) groups is 6. The average Bonchev–Trinajstić information content (AvgIpc) is 3.01. The van der Waals surface area contributed by atoms with E-state index in [9.17, 15) is 33.9 Å². The van der Waals surface area contributed by atoms with Gasteiger partial charge in [-0.15, -0.1) is 0 Å². The Morgan fingerprint density at radius 3 is 1.83 bits per heavy atom. The molecule has 3 rings (SSSR count). The third-order valence-corrected chi connectivity index (χ3v) is 6.56. The predicted molar refractivity (Wildman–Crippen MR) is 166 cm³/mol. The Morgan fingerprint density at radius 2 is 1.27 bits per heavy atom. The predicted octanol–water partition coefficient (Wildman–Crippen LogP) is 3.12. The van der Waals surface area contributed by atoms with Crippen LogP contribution in [0.3, 0.4) is 0 Å². The van der Waals surface area contributed by atoms with Gasteiger partial charge in [0.15, 0.2) is 35.3 Å². The van der Waals surface area contributed by atoms with Gasteiger partial charge in [0.2, 0.25) is 12.4 Å². The zero-order valence-electron chi connectivity index (χ0n) is 26.9. The lowest BCUT2D eigenvalue weighted by atomic mass is 9.98. The molecule has 2 aromatic rings. The van der Waals surface area contributed by atoms with Gasteiger partial charge < -0.3 is 38.3 Å². The summed E-state index contributed by atoms with van der Waals surface area (Å²) < 4.78 is 38.1. The van der Waals surface area contributed by atoms with Crippen LogP contribution in [0.15, 0.2) is 54.6 Å². The normalized spacial score (nSPS) is 20.5. The summed E-state index contributed by atoms with van der Waals surface area (Å²) in [5.74, 6) is -3.40. The van der Waals surface area contributed by atoms with E-state index in [1.165, 1.54) is 56.5 Å². The molecule has 1 aliphatic heterocycles. The molecule has 0 radical (unpaired) electrons. The van der Waals surface area contributed by atoms with Crippen LogP contribution in [-0.2, 0) is 52.5 Å². The Labute approximate surface area is 276 Å². The van der Waals surface area contributed by atoms with Gasteiger partial charge in [0.25, 0.3) is 0 Å². The lowest BCUT2D eigenvalue weighted by Crippen LogP contribution is -2.63. The second kappa shape index (κ2) is 17.4. The van der Waals surface area contributed by atoms with Crippen LogP contribution in [0, 0.1) is 0 Å². The minimum atomic E-state index is -1.41. The quantitative estimate of drug-likeness (QED) is 0.134. The summed E-state index contributed by atoms with van der Waals surface area (Å²) in [6.45, 7) is 4.11. The third-order valence-electron chi connectivity index (χ3n) is 6.56. The molecule has 14 heteroatoms. The zero-order chi connectivity index (χ0) is 35.4. The molecule has 0 aliphatic carbocycles. The van der Waals surface area contributed by atoms with Crippen LogP contribution in [0.1, 0.15) is 45.2 Å². The Kier molecular flexibility index (Phi) is 13.4. The number of allylic oxidation sites excluding steroid dienone is 2. The van der Waals surface area contributed by atoms with Gasteiger partial charge in [-0.2, -0.15) is 0 Å². The maximum absolute atomic E-state index is 12.4. The van der Waals surface area contributed by atoms with Crippen molar-refractivity contribution < 1.29 is 67.0 Å². The summed E-state index contributed by atoms with van der Waals surface area (Å²) in [4.78, 5) is 72.1. The van der Waals surface area contributed by atoms with E-state index in [4.69, 9.17) is 33.2 Å². The topological polar surface area (TPSA) is 187 Å². The summed E-state index contributed by atoms with van der Waals surface area (Å²) in [6, 6.07) is 10.8. The lowest BCUT2D eigenvalue weighted by molar-refractivity contribution is -0.288. The highest BCUT2D eigenvalue weighted by atomic mass is 16.7. The third kappa shape index (κ3) is 11.4. The monoisotopic (exact) mass is 668 g/mol. The maximum Gasteiger partial charge on any atom is 0.303 e. The first-order chi connectivity index (χ1) is 22.7. The molecule has 1 aliphatic rings. The van der Waals surface area contributed by atoms with Crippen LogP contribution in [0.4, 0.5) is 0 Å². The van der Waals surface area contributed by atoms with Crippen molar-refractivity contribution in [2.75, 3.05) is 13.7 Å². The van der Waals surface area contributed by atoms with Gasteiger partial charge in [0.05, 0.1) is 13.5 Å². The second-order valence-corrected chi connectivity index (χ2v) is 10.5. The van der Waals surface area contributed by atoms with Crippen LogP contribution >= 0.6 is 0 Å². The molecule has 0 bridgehead atoms. The van der Waals surface area contributed by atoms with E-state index in [1.807, 2.05) is 0 Å². The lowest BCUT2D eigenvalue weighted by Gasteiger charge is -2.43. The van der Waals surface area contributed by atoms with Crippen molar-refractivity contribution in [1.82, 2.24) is 0 Å². The first-order valence-corrected chi connectivity index (χ1v) is 14.6. The van der Waals surface area contributed by atoms with Gasteiger partial charge >= 0.3 is 23.9 Å². The van der Waals surface area contributed by atoms with Crippen LogP contribution in [-0.4, -0.2) is 85.0 Å². The van der Waals surface area contributed by atoms with Gasteiger partial charge in [0.1, 0.15) is 18.5 Å². The smallest absolute Gasteiger partial charge is 0.303 e. The molecule has 1 fully saturated rings. The standard InChI is InChI=1S/C34H36O14/c1-19(35)43-18-30-31(44-20(2)36)32(45-21(3)37)33(46-22(4)38)34(48-30)47-27-13-8-23(9-14-27)6-11-25(39)17-26(40)12-7-24-10-15-28(41)29(16-24)42-5/h6-16,30-34,41H,17-18H2,1-5H3/b11-6+,12-7+/t30-,31-,32+,33-,34-/m1/s1. The minimum absolute atomic E-state index is 0.0402. The first kappa shape index (κ1) is 37.0. The van der Waals surface area contributed by atoms with E-state index < -0.39 is 72.8 Å². The summed E-state index contributed by atoms with van der Waals surface area (Å²) in [5, 5.41) is 9.68. The van der Waals surface area contributed by atoms with Crippen molar-refractivity contribution in [3.8, 4) is 17.2 Å². The number of aromatic hydroxyl groups is 1. The molecule has 1 saturated heterocycles. The van der Waals surface area contributed by atoms with E-state index in [0.717, 1.165) is 20.8 Å². The Hall–Kier alpha value is -5.50. The number of hydrogen-bond donors (Lipinski definition) is 1. The average molecular weight is 669 g/mol. The fraction of sp³-hybridized carbons (Fsp3) is 0.353. The fourth-order valence-corrected chi connectivity index (χ4v) is 4.54. The molecule has 256 valence electrons. The number of hydrogen-bond acceptors (Lipinski definition) is 14. The molecule has 0 amide bonds. The van der Waals surface area contributed by atoms with Crippen molar-refractivity contribution in [2.24, 2.45) is 0 Å². The summed E-state index contributed by atoms with van der Waals surface area (Å²) >= 11 is 0. The van der Waals surface area contributed by atoms with Crippen LogP contribution in [0.5, 0.6) is 17.2 Å². The summed E-state index contributed by atoms with van der Waals surface area (Å²) in [7, 11) is 1.40. The first-order valence-electron chi connectivity index (χ1n) is 14.6. The number of ketones is 2. The van der Waals surface area contributed by atoms with E-state index in [0.29, 0.717) is 11.1 Å². The van der Waals surface area contributed by atoms with Crippen molar-refractivity contribution >= 4 is 47.6 Å².